The number of rotatable bonds is 14. The number of hydrogen-bond acceptors (Lipinski definition) is 4. The molecule has 0 bridgehead atoms. The van der Waals surface area contributed by atoms with Crippen molar-refractivity contribution in [3.8, 4) is 0 Å². The fourth-order valence-corrected chi connectivity index (χ4v) is 18.0. The van der Waals surface area contributed by atoms with E-state index in [0.29, 0.717) is 22.3 Å². The molecule has 19 rings (SSSR count). The lowest BCUT2D eigenvalue weighted by molar-refractivity contribution is 0.0512. The third-order valence-electron chi connectivity index (χ3n) is 21.8. The first kappa shape index (κ1) is 50.6. The van der Waals surface area contributed by atoms with Crippen molar-refractivity contribution in [2.24, 2.45) is 0 Å². The van der Waals surface area contributed by atoms with Crippen molar-refractivity contribution in [3.05, 3.63) is 168 Å². The second kappa shape index (κ2) is 18.0. The zero-order chi connectivity index (χ0) is 58.9. The van der Waals surface area contributed by atoms with Gasteiger partial charge in [-0.15, -0.1) is 0 Å². The van der Waals surface area contributed by atoms with Crippen molar-refractivity contribution in [3.63, 3.8) is 0 Å². The monoisotopic (exact) mass is 1140 g/mol. The molecule has 2 aliphatic rings. The molecule has 17 aromatic carbocycles. The maximum absolute atomic E-state index is 15.0. The Hall–Kier alpha value is -9.52. The Morgan fingerprint density at radius 2 is 0.420 bits per heavy atom. The van der Waals surface area contributed by atoms with Crippen molar-refractivity contribution in [1.29, 1.82) is 0 Å². The van der Waals surface area contributed by atoms with Gasteiger partial charge in [0.1, 0.15) is 0 Å². The molecule has 6 heteroatoms. The summed E-state index contributed by atoms with van der Waals surface area (Å²) in [6.45, 7) is 8.28. The molecule has 0 N–H and O–H groups in total. The van der Waals surface area contributed by atoms with Gasteiger partial charge in [0, 0.05) is 45.1 Å². The Balaban J connectivity index is 0.774. The van der Waals surface area contributed by atoms with E-state index in [4.69, 9.17) is 0 Å². The van der Waals surface area contributed by atoms with Gasteiger partial charge in [-0.05, 0) is 213 Å². The molecule has 424 valence electrons. The zero-order valence-corrected chi connectivity index (χ0v) is 50.0. The highest BCUT2D eigenvalue weighted by Gasteiger charge is 2.39. The lowest BCUT2D eigenvalue weighted by Crippen LogP contribution is -2.47. The minimum atomic E-state index is -0.247. The summed E-state index contributed by atoms with van der Waals surface area (Å²) in [5.41, 5.74) is 2.49. The van der Waals surface area contributed by atoms with Crippen LogP contribution in [0.1, 0.15) is 146 Å². The van der Waals surface area contributed by atoms with E-state index in [2.05, 4.69) is 135 Å². The molecular weight excluding hydrogens is 1080 g/mol. The fourth-order valence-electron chi connectivity index (χ4n) is 18.0. The van der Waals surface area contributed by atoms with E-state index >= 15 is 0 Å². The highest BCUT2D eigenvalue weighted by atomic mass is 16.2. The summed E-state index contributed by atoms with van der Waals surface area (Å²) in [4.78, 5) is 61.0. The Bertz CT molecular complexity index is 5660. The number of imide groups is 2. The Kier molecular flexibility index (Phi) is 10.4. The van der Waals surface area contributed by atoms with Gasteiger partial charge < -0.3 is 0 Å². The maximum atomic E-state index is 15.0. The second-order valence-electron chi connectivity index (χ2n) is 26.5. The highest BCUT2D eigenvalue weighted by molar-refractivity contribution is 6.50. The molecule has 88 heavy (non-hydrogen) atoms. The first-order valence-corrected chi connectivity index (χ1v) is 32.5. The second-order valence-corrected chi connectivity index (χ2v) is 26.5. The Morgan fingerprint density at radius 1 is 0.239 bits per heavy atom. The quantitative estimate of drug-likeness (QED) is 0.0471. The van der Waals surface area contributed by atoms with E-state index in [0.717, 1.165) is 103 Å². The van der Waals surface area contributed by atoms with E-state index in [1.807, 2.05) is 38.1 Å². The lowest BCUT2D eigenvalue weighted by atomic mass is 9.79. The molecule has 4 amide bonds. The highest BCUT2D eigenvalue weighted by Crippen LogP contribution is 2.55. The summed E-state index contributed by atoms with van der Waals surface area (Å²) in [7, 11) is 0. The van der Waals surface area contributed by atoms with Crippen molar-refractivity contribution < 1.29 is 19.2 Å². The van der Waals surface area contributed by atoms with Gasteiger partial charge in [-0.2, -0.15) is 0 Å². The van der Waals surface area contributed by atoms with Gasteiger partial charge in [-0.3, -0.25) is 29.0 Å². The summed E-state index contributed by atoms with van der Waals surface area (Å²) in [6.07, 6.45) is 13.2. The predicted molar refractivity (Wildman–Crippen MR) is 369 cm³/mol. The van der Waals surface area contributed by atoms with Gasteiger partial charge in [0.05, 0.1) is 0 Å². The molecule has 0 saturated heterocycles. The molecule has 17 aromatic rings. The topological polar surface area (TPSA) is 74.8 Å². The number of hydrogen-bond donors (Lipinski definition) is 0. The first-order chi connectivity index (χ1) is 43.2. The van der Waals surface area contributed by atoms with Gasteiger partial charge >= 0.3 is 0 Å². The minimum absolute atomic E-state index is 0.104. The van der Waals surface area contributed by atoms with Crippen LogP contribution in [0.2, 0.25) is 0 Å². The third kappa shape index (κ3) is 6.23. The fraction of sp³-hybridized carbons (Fsp3) is 0.220. The molecule has 0 unspecified atom stereocenters. The SMILES string of the molecule is CCCCCCCC(CCCCCCC)N1C(=O)c2ccc3c4ccc5c6ccc7c8ccc9c%10ccc%11c%12ccc%13c%14c(ccc(c%15ccc(c%16ccc(c%17ccc(c%18ccc(c%19ccc(c2c3%19)C1=O)c4c5%18)c6c7%17)c8c9%16)c%10c%11%15)c%14%12)C(=O)N(C(C)C)C%13=O. The average molecular weight is 1140 g/mol. The van der Waals surface area contributed by atoms with Crippen LogP contribution < -0.4 is 0 Å². The summed E-state index contributed by atoms with van der Waals surface area (Å²) in [6, 6.07) is 53.7. The number of amides is 4. The van der Waals surface area contributed by atoms with Crippen LogP contribution >= 0.6 is 0 Å². The van der Waals surface area contributed by atoms with E-state index in [-0.39, 0.29) is 35.7 Å². The third-order valence-corrected chi connectivity index (χ3v) is 21.8. The Labute approximate surface area is 506 Å². The Morgan fingerprint density at radius 3 is 0.625 bits per heavy atom. The molecule has 0 atom stereocenters. The molecule has 0 radical (unpaired) electrons. The molecule has 0 spiro atoms. The largest absolute Gasteiger partial charge is 0.272 e. The van der Waals surface area contributed by atoms with Crippen LogP contribution in [0.15, 0.2) is 146 Å². The molecule has 0 aromatic heterocycles. The number of unbranched alkanes of at least 4 members (excludes halogenated alkanes) is 8. The van der Waals surface area contributed by atoms with Crippen molar-refractivity contribution in [2.45, 2.75) is 117 Å². The van der Waals surface area contributed by atoms with Crippen molar-refractivity contribution >= 4 is 196 Å². The molecule has 2 aliphatic heterocycles. The normalized spacial score (nSPS) is 14.5. The van der Waals surface area contributed by atoms with Crippen LogP contribution in [0.25, 0.3) is 172 Å². The van der Waals surface area contributed by atoms with Gasteiger partial charge in [-0.1, -0.05) is 199 Å². The average Bonchev–Trinajstić information content (AvgIpc) is 0.747. The van der Waals surface area contributed by atoms with Gasteiger partial charge in [0.2, 0.25) is 0 Å². The van der Waals surface area contributed by atoms with E-state index in [9.17, 15) is 19.2 Å². The van der Waals surface area contributed by atoms with Crippen LogP contribution in [-0.4, -0.2) is 45.5 Å². The van der Waals surface area contributed by atoms with Crippen LogP contribution in [-0.2, 0) is 0 Å². The summed E-state index contributed by atoms with van der Waals surface area (Å²) >= 11 is 0. The standard InChI is InChI=1S/C82H62N2O4/c1-5-7-9-11-13-15-42(16-14-12-10-8-6-2)84-81(87)65-39-35-61-57-31-27-53-49-23-19-45-43-17-21-47-51-25-29-55-59-33-37-63-77-64(80(86)83(41(3)4)79(63)85)38-34-60(75(59)77)56-30-26-52(71(51)73(55)56)48-22-18-44(67(43)69(47)48)46-20-24-50(70(49)68(45)46)54-28-32-58(74(57)72(53)54)62-36-40-66(82(84)88)78(65)76(61)62/h17-42H,5-16H2,1-4H3. The number of nitrogens with zero attached hydrogens (tertiary/aromatic N) is 2. The number of fused-ring (bicyclic) bond motifs is 10. The van der Waals surface area contributed by atoms with Gasteiger partial charge in [0.15, 0.2) is 0 Å². The zero-order valence-electron chi connectivity index (χ0n) is 50.0. The lowest BCUT2D eigenvalue weighted by Gasteiger charge is -2.35. The van der Waals surface area contributed by atoms with E-state index in [1.165, 1.54) is 151 Å². The van der Waals surface area contributed by atoms with Crippen LogP contribution in [0.3, 0.4) is 0 Å². The smallest absolute Gasteiger partial charge is 0.261 e. The molecular formula is C82H62N2O4. The minimum Gasteiger partial charge on any atom is -0.272 e. The number of carbonyl (C=O) groups excluding carboxylic acids is 4. The van der Waals surface area contributed by atoms with E-state index in [1.54, 1.807) is 4.90 Å². The van der Waals surface area contributed by atoms with Gasteiger partial charge in [0.25, 0.3) is 23.6 Å². The van der Waals surface area contributed by atoms with Crippen LogP contribution in [0.4, 0.5) is 0 Å². The van der Waals surface area contributed by atoms with Crippen molar-refractivity contribution in [1.82, 2.24) is 9.80 Å². The summed E-state index contributed by atoms with van der Waals surface area (Å²) in [5.74, 6) is -0.725. The number of benzene rings is 17. The van der Waals surface area contributed by atoms with Gasteiger partial charge in [-0.25, -0.2) is 0 Å². The predicted octanol–water partition coefficient (Wildman–Crippen LogP) is 22.0. The molecule has 6 nitrogen and oxygen atoms in total. The van der Waals surface area contributed by atoms with Crippen LogP contribution in [0, 0.1) is 0 Å². The summed E-state index contributed by atoms with van der Waals surface area (Å²) < 4.78 is 0. The molecule has 0 saturated carbocycles. The summed E-state index contributed by atoms with van der Waals surface area (Å²) in [5, 5.41) is 37.4. The van der Waals surface area contributed by atoms with E-state index < -0.39 is 0 Å². The maximum Gasteiger partial charge on any atom is 0.261 e. The molecule has 2 heterocycles. The molecule has 0 aliphatic carbocycles. The molecule has 0 fully saturated rings. The number of carbonyl (C=O) groups is 4. The van der Waals surface area contributed by atoms with Crippen LogP contribution in [0.5, 0.6) is 0 Å². The van der Waals surface area contributed by atoms with Crippen molar-refractivity contribution in [2.75, 3.05) is 0 Å². The first-order valence-electron chi connectivity index (χ1n) is 32.5.